The van der Waals surface area contributed by atoms with E-state index in [-0.39, 0.29) is 0 Å². The summed E-state index contributed by atoms with van der Waals surface area (Å²) in [4.78, 5) is 12.7. The van der Waals surface area contributed by atoms with Gasteiger partial charge in [0.25, 0.3) is 0 Å². The lowest BCUT2D eigenvalue weighted by atomic mass is 10.3. The van der Waals surface area contributed by atoms with Gasteiger partial charge in [-0.05, 0) is 19.1 Å². The second-order valence-corrected chi connectivity index (χ2v) is 3.97. The Hall–Kier alpha value is -2.70. The molecule has 2 N–H and O–H groups in total. The first-order valence-electron chi connectivity index (χ1n) is 5.75. The van der Waals surface area contributed by atoms with Gasteiger partial charge in [0, 0.05) is 12.7 Å². The number of fused-ring (bicyclic) bond motifs is 1. The summed E-state index contributed by atoms with van der Waals surface area (Å²) in [5, 5.41) is 10.3. The van der Waals surface area contributed by atoms with Crippen molar-refractivity contribution in [3.8, 4) is 11.6 Å². The molecule has 0 saturated carbocycles. The molecule has 3 aromatic rings. The van der Waals surface area contributed by atoms with E-state index in [1.165, 1.54) is 0 Å². The van der Waals surface area contributed by atoms with Gasteiger partial charge in [-0.1, -0.05) is 0 Å². The summed E-state index contributed by atoms with van der Waals surface area (Å²) < 4.78 is 5.73. The van der Waals surface area contributed by atoms with Crippen molar-refractivity contribution in [1.82, 2.24) is 25.1 Å². The van der Waals surface area contributed by atoms with Gasteiger partial charge in [-0.2, -0.15) is 15.1 Å². The number of hydrogen-bond donors (Lipinski definition) is 2. The van der Waals surface area contributed by atoms with Gasteiger partial charge in [-0.25, -0.2) is 0 Å². The Labute approximate surface area is 109 Å². The van der Waals surface area contributed by atoms with Crippen molar-refractivity contribution in [1.29, 1.82) is 0 Å². The first kappa shape index (κ1) is 11.4. The maximum absolute atomic E-state index is 5.73. The third-order valence-electron chi connectivity index (χ3n) is 2.60. The summed E-state index contributed by atoms with van der Waals surface area (Å²) in [7, 11) is 1.74. The Bertz CT molecular complexity index is 706. The summed E-state index contributed by atoms with van der Waals surface area (Å²) in [5.74, 6) is 1.52. The zero-order valence-electron chi connectivity index (χ0n) is 10.5. The highest BCUT2D eigenvalue weighted by Gasteiger charge is 2.11. The normalized spacial score (nSPS) is 10.6. The molecule has 3 aromatic heterocycles. The van der Waals surface area contributed by atoms with Crippen molar-refractivity contribution in [2.24, 2.45) is 0 Å². The SMILES string of the molecule is CNc1nc(Oc2ccc(C)nc2)c2cn[nH]c2n1. The molecular weight excluding hydrogens is 244 g/mol. The van der Waals surface area contributed by atoms with Crippen LogP contribution >= 0.6 is 0 Å². The molecule has 0 amide bonds. The van der Waals surface area contributed by atoms with E-state index >= 15 is 0 Å². The molecule has 0 atom stereocenters. The lowest BCUT2D eigenvalue weighted by Gasteiger charge is -2.07. The number of nitrogens with one attached hydrogen (secondary N) is 2. The molecule has 96 valence electrons. The molecule has 0 spiro atoms. The number of rotatable bonds is 3. The zero-order chi connectivity index (χ0) is 13.2. The van der Waals surface area contributed by atoms with Gasteiger partial charge in [0.05, 0.1) is 12.4 Å². The van der Waals surface area contributed by atoms with E-state index in [1.54, 1.807) is 19.4 Å². The number of pyridine rings is 1. The Morgan fingerprint density at radius 1 is 1.21 bits per heavy atom. The molecule has 19 heavy (non-hydrogen) atoms. The minimum atomic E-state index is 0.439. The quantitative estimate of drug-likeness (QED) is 0.744. The molecule has 0 aromatic carbocycles. The highest BCUT2D eigenvalue weighted by Crippen LogP contribution is 2.26. The number of aromatic amines is 1. The highest BCUT2D eigenvalue weighted by molar-refractivity contribution is 5.80. The molecule has 0 saturated heterocycles. The van der Waals surface area contributed by atoms with Crippen molar-refractivity contribution in [3.05, 3.63) is 30.2 Å². The zero-order valence-corrected chi connectivity index (χ0v) is 10.5. The van der Waals surface area contributed by atoms with Gasteiger partial charge in [-0.15, -0.1) is 0 Å². The number of ether oxygens (including phenoxy) is 1. The number of anilines is 1. The largest absolute Gasteiger partial charge is 0.436 e. The summed E-state index contributed by atoms with van der Waals surface area (Å²) in [6, 6.07) is 3.72. The number of nitrogens with zero attached hydrogens (tertiary/aromatic N) is 4. The molecular formula is C12H12N6O. The fourth-order valence-corrected chi connectivity index (χ4v) is 1.62. The second kappa shape index (κ2) is 4.52. The van der Waals surface area contributed by atoms with Gasteiger partial charge < -0.3 is 10.1 Å². The van der Waals surface area contributed by atoms with E-state index in [1.807, 2.05) is 19.1 Å². The van der Waals surface area contributed by atoms with Crippen molar-refractivity contribution in [2.75, 3.05) is 12.4 Å². The molecule has 3 heterocycles. The molecule has 0 aliphatic heterocycles. The molecule has 0 bridgehead atoms. The van der Waals surface area contributed by atoms with E-state index in [4.69, 9.17) is 4.74 Å². The molecule has 0 fully saturated rings. The molecule has 3 rings (SSSR count). The fourth-order valence-electron chi connectivity index (χ4n) is 1.62. The first-order chi connectivity index (χ1) is 9.26. The Kier molecular flexibility index (Phi) is 2.71. The number of H-pyrrole nitrogens is 1. The van der Waals surface area contributed by atoms with Crippen LogP contribution in [0.25, 0.3) is 11.0 Å². The standard InChI is InChI=1S/C12H12N6O/c1-7-3-4-8(5-14-7)19-11-9-6-15-18-10(9)16-12(13-2)17-11/h3-6H,1-2H3,(H2,13,15,16,17,18). The summed E-state index contributed by atoms with van der Waals surface area (Å²) >= 11 is 0. The van der Waals surface area contributed by atoms with Crippen LogP contribution in [0.5, 0.6) is 11.6 Å². The Balaban J connectivity index is 2.03. The number of hydrogen-bond acceptors (Lipinski definition) is 6. The van der Waals surface area contributed by atoms with Crippen molar-refractivity contribution >= 4 is 17.0 Å². The maximum atomic E-state index is 5.73. The van der Waals surface area contributed by atoms with Gasteiger partial charge in [0.2, 0.25) is 11.8 Å². The predicted molar refractivity (Wildman–Crippen MR) is 70.3 cm³/mol. The lowest BCUT2D eigenvalue weighted by Crippen LogP contribution is -1.99. The van der Waals surface area contributed by atoms with E-state index in [0.717, 1.165) is 11.1 Å². The first-order valence-corrected chi connectivity index (χ1v) is 5.75. The molecule has 7 nitrogen and oxygen atoms in total. The third-order valence-corrected chi connectivity index (χ3v) is 2.60. The highest BCUT2D eigenvalue weighted by atomic mass is 16.5. The van der Waals surface area contributed by atoms with Crippen LogP contribution in [0, 0.1) is 6.92 Å². The van der Waals surface area contributed by atoms with Gasteiger partial charge in [0.15, 0.2) is 5.65 Å². The van der Waals surface area contributed by atoms with Crippen LogP contribution < -0.4 is 10.1 Å². The van der Waals surface area contributed by atoms with Crippen LogP contribution in [-0.4, -0.2) is 32.2 Å². The van der Waals surface area contributed by atoms with Crippen molar-refractivity contribution in [2.45, 2.75) is 6.92 Å². The van der Waals surface area contributed by atoms with Crippen LogP contribution in [-0.2, 0) is 0 Å². The van der Waals surface area contributed by atoms with E-state index in [9.17, 15) is 0 Å². The van der Waals surface area contributed by atoms with E-state index in [2.05, 4.69) is 30.5 Å². The minimum absolute atomic E-state index is 0.439. The average Bonchev–Trinajstić information content (AvgIpc) is 2.89. The van der Waals surface area contributed by atoms with Crippen LogP contribution in [0.2, 0.25) is 0 Å². The second-order valence-electron chi connectivity index (χ2n) is 3.97. The summed E-state index contributed by atoms with van der Waals surface area (Å²) in [6.45, 7) is 1.92. The van der Waals surface area contributed by atoms with E-state index in [0.29, 0.717) is 23.2 Å². The van der Waals surface area contributed by atoms with Crippen LogP contribution in [0.4, 0.5) is 5.95 Å². The smallest absolute Gasteiger partial charge is 0.235 e. The van der Waals surface area contributed by atoms with Crippen LogP contribution in [0.3, 0.4) is 0 Å². The molecule has 0 radical (unpaired) electrons. The van der Waals surface area contributed by atoms with Gasteiger partial charge >= 0.3 is 0 Å². The van der Waals surface area contributed by atoms with E-state index < -0.39 is 0 Å². The number of aryl methyl sites for hydroxylation is 1. The summed E-state index contributed by atoms with van der Waals surface area (Å²) in [5.41, 5.74) is 1.55. The fraction of sp³-hybridized carbons (Fsp3) is 0.167. The Morgan fingerprint density at radius 3 is 2.84 bits per heavy atom. The number of aromatic nitrogens is 5. The van der Waals surface area contributed by atoms with Crippen molar-refractivity contribution < 1.29 is 4.74 Å². The molecule has 0 aliphatic carbocycles. The monoisotopic (exact) mass is 256 g/mol. The minimum Gasteiger partial charge on any atom is -0.436 e. The molecule has 7 heteroatoms. The Morgan fingerprint density at radius 2 is 2.11 bits per heavy atom. The van der Waals surface area contributed by atoms with Crippen molar-refractivity contribution in [3.63, 3.8) is 0 Å². The maximum Gasteiger partial charge on any atom is 0.235 e. The van der Waals surface area contributed by atoms with Gasteiger partial charge in [0.1, 0.15) is 11.1 Å². The molecule has 0 aliphatic rings. The van der Waals surface area contributed by atoms with Gasteiger partial charge in [-0.3, -0.25) is 10.1 Å². The average molecular weight is 256 g/mol. The predicted octanol–water partition coefficient (Wildman–Crippen LogP) is 1.89. The van der Waals surface area contributed by atoms with Crippen LogP contribution in [0.15, 0.2) is 24.5 Å². The molecule has 0 unspecified atom stereocenters. The third kappa shape index (κ3) is 2.17. The van der Waals surface area contributed by atoms with Crippen LogP contribution in [0.1, 0.15) is 5.69 Å². The lowest BCUT2D eigenvalue weighted by molar-refractivity contribution is 0.466. The summed E-state index contributed by atoms with van der Waals surface area (Å²) in [6.07, 6.45) is 3.29. The topological polar surface area (TPSA) is 88.6 Å².